The molecule has 0 atom stereocenters. The highest BCUT2D eigenvalue weighted by molar-refractivity contribution is 6.30. The van der Waals surface area contributed by atoms with Gasteiger partial charge in [0, 0.05) is 10.7 Å². The van der Waals surface area contributed by atoms with Gasteiger partial charge in [-0.15, -0.1) is 0 Å². The van der Waals surface area contributed by atoms with Gasteiger partial charge in [0.15, 0.2) is 0 Å². The Hall–Kier alpha value is -1.35. The monoisotopic (exact) mass is 250 g/mol. The Morgan fingerprint density at radius 1 is 1.24 bits per heavy atom. The Bertz CT molecular complexity index is 418. The minimum atomic E-state index is -0.0771. The van der Waals surface area contributed by atoms with Crippen LogP contribution in [0.2, 0.25) is 5.02 Å². The maximum absolute atomic E-state index is 11.6. The standard InChI is InChI=1S/C13H15ClN2O/c14-11-7-5-10(6-8-11)9-13(17)16-15-12-3-1-2-4-12/h5-8H,1-4,9H2,(H,16,17). The molecule has 1 aliphatic carbocycles. The van der Waals surface area contributed by atoms with Gasteiger partial charge < -0.3 is 0 Å². The molecule has 90 valence electrons. The smallest absolute Gasteiger partial charge is 0.244 e. The van der Waals surface area contributed by atoms with Gasteiger partial charge in [-0.05, 0) is 43.4 Å². The Labute approximate surface area is 106 Å². The Balaban J connectivity index is 1.84. The van der Waals surface area contributed by atoms with Gasteiger partial charge in [-0.25, -0.2) is 5.43 Å². The van der Waals surface area contributed by atoms with E-state index in [0.717, 1.165) is 24.1 Å². The highest BCUT2D eigenvalue weighted by atomic mass is 35.5. The van der Waals surface area contributed by atoms with E-state index < -0.39 is 0 Å². The normalized spacial score (nSPS) is 14.8. The molecule has 1 saturated carbocycles. The van der Waals surface area contributed by atoms with Crippen molar-refractivity contribution in [3.05, 3.63) is 34.9 Å². The van der Waals surface area contributed by atoms with Crippen LogP contribution >= 0.6 is 11.6 Å². The molecule has 1 amide bonds. The summed E-state index contributed by atoms with van der Waals surface area (Å²) in [6.45, 7) is 0. The molecule has 4 heteroatoms. The summed E-state index contributed by atoms with van der Waals surface area (Å²) in [6.07, 6.45) is 4.74. The van der Waals surface area contributed by atoms with Crippen LogP contribution in [0, 0.1) is 0 Å². The molecule has 0 unspecified atom stereocenters. The third kappa shape index (κ3) is 3.86. The van der Waals surface area contributed by atoms with Gasteiger partial charge in [0.2, 0.25) is 5.91 Å². The third-order valence-corrected chi connectivity index (χ3v) is 3.05. The first kappa shape index (κ1) is 12.1. The van der Waals surface area contributed by atoms with Crippen LogP contribution in [0.15, 0.2) is 29.4 Å². The molecule has 17 heavy (non-hydrogen) atoms. The number of hydrogen-bond donors (Lipinski definition) is 1. The summed E-state index contributed by atoms with van der Waals surface area (Å²) in [6, 6.07) is 7.27. The van der Waals surface area contributed by atoms with E-state index in [0.29, 0.717) is 11.4 Å². The number of carbonyl (C=O) groups excluding carboxylic acids is 1. The number of halogens is 1. The molecule has 1 fully saturated rings. The molecule has 0 heterocycles. The first-order valence-corrected chi connectivity index (χ1v) is 6.20. The van der Waals surface area contributed by atoms with Gasteiger partial charge in [0.25, 0.3) is 0 Å². The number of hydrazone groups is 1. The van der Waals surface area contributed by atoms with Crippen LogP contribution in [0.25, 0.3) is 0 Å². The van der Waals surface area contributed by atoms with E-state index >= 15 is 0 Å². The molecule has 0 spiro atoms. The molecule has 2 rings (SSSR count). The summed E-state index contributed by atoms with van der Waals surface area (Å²) in [5.74, 6) is -0.0771. The van der Waals surface area contributed by atoms with Crippen LogP contribution in [-0.2, 0) is 11.2 Å². The number of rotatable bonds is 3. The molecule has 1 aromatic carbocycles. The molecule has 3 nitrogen and oxygen atoms in total. The zero-order chi connectivity index (χ0) is 12.1. The summed E-state index contributed by atoms with van der Waals surface area (Å²) in [7, 11) is 0. The molecule has 1 N–H and O–H groups in total. The zero-order valence-corrected chi connectivity index (χ0v) is 10.3. The lowest BCUT2D eigenvalue weighted by molar-refractivity contribution is -0.120. The van der Waals surface area contributed by atoms with E-state index in [1.54, 1.807) is 12.1 Å². The van der Waals surface area contributed by atoms with Crippen LogP contribution in [0.5, 0.6) is 0 Å². The first-order chi connectivity index (χ1) is 8.24. The average Bonchev–Trinajstić information content (AvgIpc) is 2.83. The van der Waals surface area contributed by atoms with Gasteiger partial charge in [0.1, 0.15) is 0 Å². The average molecular weight is 251 g/mol. The number of nitrogens with one attached hydrogen (secondary N) is 1. The largest absolute Gasteiger partial charge is 0.273 e. The van der Waals surface area contributed by atoms with Crippen molar-refractivity contribution in [1.82, 2.24) is 5.43 Å². The van der Waals surface area contributed by atoms with Crippen molar-refractivity contribution in [1.29, 1.82) is 0 Å². The fourth-order valence-corrected chi connectivity index (χ4v) is 1.99. The minimum absolute atomic E-state index is 0.0771. The van der Waals surface area contributed by atoms with Crippen LogP contribution in [0.1, 0.15) is 31.2 Å². The second-order valence-electron chi connectivity index (χ2n) is 4.22. The molecule has 0 radical (unpaired) electrons. The summed E-state index contributed by atoms with van der Waals surface area (Å²) in [4.78, 5) is 11.6. The number of nitrogens with zero attached hydrogens (tertiary/aromatic N) is 1. The van der Waals surface area contributed by atoms with Gasteiger partial charge >= 0.3 is 0 Å². The predicted octanol–water partition coefficient (Wildman–Crippen LogP) is 2.93. The van der Waals surface area contributed by atoms with Crippen molar-refractivity contribution in [3.63, 3.8) is 0 Å². The molecule has 0 aromatic heterocycles. The fraction of sp³-hybridized carbons (Fsp3) is 0.385. The van der Waals surface area contributed by atoms with Crippen LogP contribution in [0.4, 0.5) is 0 Å². The van der Waals surface area contributed by atoms with E-state index in [9.17, 15) is 4.79 Å². The fourth-order valence-electron chi connectivity index (χ4n) is 1.86. The van der Waals surface area contributed by atoms with Crippen molar-refractivity contribution in [2.75, 3.05) is 0 Å². The molecule has 0 aliphatic heterocycles. The molecule has 0 bridgehead atoms. The van der Waals surface area contributed by atoms with Crippen LogP contribution in [-0.4, -0.2) is 11.6 Å². The highest BCUT2D eigenvalue weighted by Crippen LogP contribution is 2.14. The van der Waals surface area contributed by atoms with Crippen molar-refractivity contribution >= 4 is 23.2 Å². The van der Waals surface area contributed by atoms with Crippen molar-refractivity contribution < 1.29 is 4.79 Å². The zero-order valence-electron chi connectivity index (χ0n) is 9.58. The molecule has 1 aliphatic rings. The van der Waals surface area contributed by atoms with Crippen LogP contribution in [0.3, 0.4) is 0 Å². The van der Waals surface area contributed by atoms with Crippen molar-refractivity contribution in [3.8, 4) is 0 Å². The van der Waals surface area contributed by atoms with Gasteiger partial charge in [-0.3, -0.25) is 4.79 Å². The quantitative estimate of drug-likeness (QED) is 0.824. The van der Waals surface area contributed by atoms with E-state index in [4.69, 9.17) is 11.6 Å². The second kappa shape index (κ2) is 5.82. The minimum Gasteiger partial charge on any atom is -0.273 e. The highest BCUT2D eigenvalue weighted by Gasteiger charge is 2.09. The van der Waals surface area contributed by atoms with Crippen molar-refractivity contribution in [2.45, 2.75) is 32.1 Å². The SMILES string of the molecule is O=C(Cc1ccc(Cl)cc1)NN=C1CCCC1. The lowest BCUT2D eigenvalue weighted by Gasteiger charge is -2.01. The lowest BCUT2D eigenvalue weighted by Crippen LogP contribution is -2.21. The van der Waals surface area contributed by atoms with Crippen molar-refractivity contribution in [2.24, 2.45) is 5.10 Å². The summed E-state index contributed by atoms with van der Waals surface area (Å²) in [5, 5.41) is 4.81. The van der Waals surface area contributed by atoms with E-state index in [1.807, 2.05) is 12.1 Å². The number of hydrogen-bond acceptors (Lipinski definition) is 2. The molecule has 0 saturated heterocycles. The summed E-state index contributed by atoms with van der Waals surface area (Å²) in [5.41, 5.74) is 4.65. The topological polar surface area (TPSA) is 41.5 Å². The summed E-state index contributed by atoms with van der Waals surface area (Å²) < 4.78 is 0. The lowest BCUT2D eigenvalue weighted by atomic mass is 10.1. The van der Waals surface area contributed by atoms with Gasteiger partial charge in [0.05, 0.1) is 6.42 Å². The number of amides is 1. The number of benzene rings is 1. The Morgan fingerprint density at radius 3 is 2.53 bits per heavy atom. The predicted molar refractivity (Wildman–Crippen MR) is 69.2 cm³/mol. The Morgan fingerprint density at radius 2 is 1.88 bits per heavy atom. The number of carbonyl (C=O) groups is 1. The second-order valence-corrected chi connectivity index (χ2v) is 4.66. The molecular weight excluding hydrogens is 236 g/mol. The maximum atomic E-state index is 11.6. The first-order valence-electron chi connectivity index (χ1n) is 5.83. The summed E-state index contributed by atoms with van der Waals surface area (Å²) >= 11 is 5.77. The van der Waals surface area contributed by atoms with E-state index in [1.165, 1.54) is 12.8 Å². The Kier molecular flexibility index (Phi) is 4.15. The third-order valence-electron chi connectivity index (χ3n) is 2.80. The molecular formula is C13H15ClN2O. The molecule has 1 aromatic rings. The van der Waals surface area contributed by atoms with Gasteiger partial charge in [-0.1, -0.05) is 23.7 Å². The maximum Gasteiger partial charge on any atom is 0.244 e. The van der Waals surface area contributed by atoms with Crippen LogP contribution < -0.4 is 5.43 Å². The van der Waals surface area contributed by atoms with E-state index in [2.05, 4.69) is 10.5 Å². The van der Waals surface area contributed by atoms with Gasteiger partial charge in [-0.2, -0.15) is 5.10 Å². The van der Waals surface area contributed by atoms with E-state index in [-0.39, 0.29) is 5.91 Å².